The Hall–Kier alpha value is -1.69. The van der Waals surface area contributed by atoms with Crippen LogP contribution in [0.15, 0.2) is 12.5 Å². The fraction of sp³-hybridized carbons (Fsp3) is 0.286. The van der Waals surface area contributed by atoms with Crippen LogP contribution in [0, 0.1) is 0 Å². The van der Waals surface area contributed by atoms with Crippen LogP contribution < -0.4 is 5.73 Å². The number of hydrogen-bond donors (Lipinski definition) is 2. The maximum Gasteiger partial charge on any atom is 0.320 e. The van der Waals surface area contributed by atoms with Crippen LogP contribution in [0.3, 0.4) is 0 Å². The van der Waals surface area contributed by atoms with Gasteiger partial charge in [-0.2, -0.15) is 0 Å². The molecule has 0 saturated heterocycles. The van der Waals surface area contributed by atoms with E-state index in [2.05, 4.69) is 4.98 Å². The van der Waals surface area contributed by atoms with Gasteiger partial charge in [0.25, 0.3) is 0 Å². The summed E-state index contributed by atoms with van der Waals surface area (Å²) < 4.78 is 1.20. The summed E-state index contributed by atoms with van der Waals surface area (Å²) in [5.74, 6) is -1.08. The molecule has 6 nitrogen and oxygen atoms in total. The fourth-order valence-electron chi connectivity index (χ4n) is 0.855. The molecule has 0 aliphatic rings. The highest BCUT2D eigenvalue weighted by Crippen LogP contribution is 1.98. The first-order chi connectivity index (χ1) is 6.13. The number of imidazole rings is 1. The third kappa shape index (κ3) is 2.38. The number of carbonyl (C=O) groups is 2. The van der Waals surface area contributed by atoms with Gasteiger partial charge in [-0.25, -0.2) is 4.98 Å². The highest BCUT2D eigenvalue weighted by atomic mass is 16.4. The smallest absolute Gasteiger partial charge is 0.320 e. The molecular formula is C7H9N3O3. The van der Waals surface area contributed by atoms with Crippen molar-refractivity contribution in [2.45, 2.75) is 12.5 Å². The van der Waals surface area contributed by atoms with Gasteiger partial charge < -0.3 is 10.8 Å². The zero-order valence-electron chi connectivity index (χ0n) is 6.75. The maximum atomic E-state index is 10.4. The molecule has 13 heavy (non-hydrogen) atoms. The maximum absolute atomic E-state index is 10.4. The zero-order chi connectivity index (χ0) is 9.84. The molecule has 0 amide bonds. The fourth-order valence-corrected chi connectivity index (χ4v) is 0.855. The lowest BCUT2D eigenvalue weighted by Crippen LogP contribution is -2.32. The van der Waals surface area contributed by atoms with Crippen molar-refractivity contribution in [3.8, 4) is 0 Å². The summed E-state index contributed by atoms with van der Waals surface area (Å²) in [4.78, 5) is 24.4. The number of nitrogens with zero attached hydrogens (tertiary/aromatic N) is 2. The van der Waals surface area contributed by atoms with Gasteiger partial charge in [0, 0.05) is 12.6 Å². The second-order valence-corrected chi connectivity index (χ2v) is 2.57. The average molecular weight is 183 g/mol. The van der Waals surface area contributed by atoms with Crippen molar-refractivity contribution in [1.29, 1.82) is 0 Å². The Bertz CT molecular complexity index is 321. The molecule has 0 aliphatic heterocycles. The molecule has 0 saturated carbocycles. The third-order valence-corrected chi connectivity index (χ3v) is 1.52. The third-order valence-electron chi connectivity index (χ3n) is 1.52. The number of carboxylic acid groups (broad SMARTS) is 1. The minimum absolute atomic E-state index is 0.121. The molecule has 3 N–H and O–H groups in total. The van der Waals surface area contributed by atoms with Gasteiger partial charge in [-0.15, -0.1) is 0 Å². The Morgan fingerprint density at radius 3 is 3.00 bits per heavy atom. The van der Waals surface area contributed by atoms with E-state index in [0.717, 1.165) is 0 Å². The Labute approximate surface area is 74.0 Å². The van der Waals surface area contributed by atoms with Crippen LogP contribution in [0.2, 0.25) is 0 Å². The van der Waals surface area contributed by atoms with E-state index in [-0.39, 0.29) is 6.42 Å². The summed E-state index contributed by atoms with van der Waals surface area (Å²) in [5.41, 5.74) is 5.75. The standard InChI is InChI=1S/C7H9N3O3/c8-6(7(12)13)1-5-2-10(4-11)3-9-5/h2-4,6H,1,8H2,(H,12,13). The van der Waals surface area contributed by atoms with E-state index >= 15 is 0 Å². The molecule has 0 aliphatic carbocycles. The summed E-state index contributed by atoms with van der Waals surface area (Å²) in [5, 5.41) is 8.48. The van der Waals surface area contributed by atoms with E-state index in [1.54, 1.807) is 0 Å². The molecule has 70 valence electrons. The predicted molar refractivity (Wildman–Crippen MR) is 43.7 cm³/mol. The average Bonchev–Trinajstić information content (AvgIpc) is 2.52. The predicted octanol–water partition coefficient (Wildman–Crippen LogP) is -1.12. The first-order valence-electron chi connectivity index (χ1n) is 3.59. The van der Waals surface area contributed by atoms with Crippen molar-refractivity contribution in [3.05, 3.63) is 18.2 Å². The molecule has 0 spiro atoms. The normalized spacial score (nSPS) is 12.4. The van der Waals surface area contributed by atoms with E-state index < -0.39 is 12.0 Å². The first kappa shape index (κ1) is 9.40. The molecule has 1 aromatic rings. The molecular weight excluding hydrogens is 174 g/mol. The lowest BCUT2D eigenvalue weighted by atomic mass is 10.2. The van der Waals surface area contributed by atoms with Gasteiger partial charge in [0.1, 0.15) is 12.4 Å². The van der Waals surface area contributed by atoms with Crippen molar-refractivity contribution in [2.75, 3.05) is 0 Å². The van der Waals surface area contributed by atoms with Gasteiger partial charge in [0.15, 0.2) is 0 Å². The Morgan fingerprint density at radius 2 is 2.54 bits per heavy atom. The van der Waals surface area contributed by atoms with Crippen molar-refractivity contribution in [3.63, 3.8) is 0 Å². The molecule has 0 bridgehead atoms. The van der Waals surface area contributed by atoms with Crippen molar-refractivity contribution >= 4 is 12.4 Å². The first-order valence-corrected chi connectivity index (χ1v) is 3.59. The monoisotopic (exact) mass is 183 g/mol. The van der Waals surface area contributed by atoms with Crippen molar-refractivity contribution in [1.82, 2.24) is 9.55 Å². The van der Waals surface area contributed by atoms with Crippen LogP contribution in [-0.2, 0) is 16.0 Å². The minimum Gasteiger partial charge on any atom is -0.480 e. The topological polar surface area (TPSA) is 98.2 Å². The number of carbonyl (C=O) groups excluding carboxylic acids is 1. The Morgan fingerprint density at radius 1 is 1.85 bits per heavy atom. The van der Waals surface area contributed by atoms with Crippen molar-refractivity contribution in [2.24, 2.45) is 5.73 Å². The number of aliphatic carboxylic acids is 1. The molecule has 1 aromatic heterocycles. The van der Waals surface area contributed by atoms with Crippen LogP contribution in [0.5, 0.6) is 0 Å². The highest BCUT2D eigenvalue weighted by molar-refractivity contribution is 5.73. The van der Waals surface area contributed by atoms with E-state index in [1.807, 2.05) is 0 Å². The van der Waals surface area contributed by atoms with Crippen LogP contribution in [0.1, 0.15) is 5.69 Å². The van der Waals surface area contributed by atoms with Crippen LogP contribution in [0.25, 0.3) is 0 Å². The molecule has 1 rings (SSSR count). The van der Waals surface area contributed by atoms with Gasteiger partial charge in [0.2, 0.25) is 6.41 Å². The van der Waals surface area contributed by atoms with Crippen molar-refractivity contribution < 1.29 is 14.7 Å². The van der Waals surface area contributed by atoms with E-state index in [9.17, 15) is 9.59 Å². The summed E-state index contributed by atoms with van der Waals surface area (Å²) in [7, 11) is 0. The van der Waals surface area contributed by atoms with Gasteiger partial charge in [-0.1, -0.05) is 0 Å². The largest absolute Gasteiger partial charge is 0.480 e. The summed E-state index contributed by atoms with van der Waals surface area (Å²) in [6.45, 7) is 0. The molecule has 1 heterocycles. The van der Waals surface area contributed by atoms with E-state index in [4.69, 9.17) is 10.8 Å². The Kier molecular flexibility index (Phi) is 2.76. The number of hydrogen-bond acceptors (Lipinski definition) is 4. The lowest BCUT2D eigenvalue weighted by Gasteiger charge is -2.01. The molecule has 6 heteroatoms. The van der Waals surface area contributed by atoms with Gasteiger partial charge in [0.05, 0.1) is 5.69 Å². The second kappa shape index (κ2) is 3.81. The molecule has 1 atom stereocenters. The van der Waals surface area contributed by atoms with Crippen LogP contribution in [-0.4, -0.2) is 33.1 Å². The lowest BCUT2D eigenvalue weighted by molar-refractivity contribution is -0.138. The van der Waals surface area contributed by atoms with E-state index in [0.29, 0.717) is 12.1 Å². The summed E-state index contributed by atoms with van der Waals surface area (Å²) in [6, 6.07) is -0.977. The molecule has 0 fully saturated rings. The molecule has 0 aromatic carbocycles. The second-order valence-electron chi connectivity index (χ2n) is 2.57. The SMILES string of the molecule is NC(Cc1cn(C=O)cn1)C(=O)O. The van der Waals surface area contributed by atoms with E-state index in [1.165, 1.54) is 17.1 Å². The van der Waals surface area contributed by atoms with Gasteiger partial charge >= 0.3 is 5.97 Å². The number of aromatic nitrogens is 2. The number of rotatable bonds is 4. The quantitative estimate of drug-likeness (QED) is 0.576. The molecule has 0 radical (unpaired) electrons. The Balaban J connectivity index is 2.63. The number of carboxylic acids is 1. The minimum atomic E-state index is -1.08. The van der Waals surface area contributed by atoms with Crippen LogP contribution in [0.4, 0.5) is 0 Å². The zero-order valence-corrected chi connectivity index (χ0v) is 6.75. The number of nitrogens with two attached hydrogens (primary N) is 1. The van der Waals surface area contributed by atoms with Gasteiger partial charge in [-0.3, -0.25) is 14.2 Å². The summed E-state index contributed by atoms with van der Waals surface area (Å²) >= 11 is 0. The molecule has 1 unspecified atom stereocenters. The summed E-state index contributed by atoms with van der Waals surface area (Å²) in [6.07, 6.45) is 3.44. The van der Waals surface area contributed by atoms with Gasteiger partial charge in [-0.05, 0) is 0 Å². The van der Waals surface area contributed by atoms with Crippen LogP contribution >= 0.6 is 0 Å². The highest BCUT2D eigenvalue weighted by Gasteiger charge is 2.13.